The quantitative estimate of drug-likeness (QED) is 0.387. The molecule has 4 heteroatoms. The second-order valence-electron chi connectivity index (χ2n) is 16.0. The Balaban J connectivity index is 1.30. The molecule has 1 aliphatic heterocycles. The smallest absolute Gasteiger partial charge is 0.175 e. The third-order valence-corrected chi connectivity index (χ3v) is 15.4. The highest BCUT2D eigenvalue weighted by atomic mass is 28.3. The first-order chi connectivity index (χ1) is 16.8. The lowest BCUT2D eigenvalue weighted by Crippen LogP contribution is -2.62. The maximum absolute atomic E-state index is 11.9. The van der Waals surface area contributed by atoms with Crippen LogP contribution in [0, 0.1) is 57.7 Å². The van der Waals surface area contributed by atoms with Gasteiger partial charge in [0.1, 0.15) is 0 Å². The van der Waals surface area contributed by atoms with Crippen molar-refractivity contribution in [2.45, 2.75) is 118 Å². The minimum absolute atomic E-state index is 0.292. The van der Waals surface area contributed by atoms with Crippen molar-refractivity contribution in [3.8, 4) is 0 Å². The Hall–Kier alpha value is -0.163. The largest absolute Gasteiger partial charge is 0.389 e. The van der Waals surface area contributed by atoms with Crippen LogP contribution in [0.4, 0.5) is 0 Å². The van der Waals surface area contributed by atoms with Gasteiger partial charge < -0.3 is 14.6 Å². The van der Waals surface area contributed by atoms with Gasteiger partial charge >= 0.3 is 0 Å². The zero-order valence-corrected chi connectivity index (χ0v) is 25.5. The third-order valence-electron chi connectivity index (χ3n) is 13.2. The van der Waals surface area contributed by atoms with Crippen LogP contribution in [-0.4, -0.2) is 38.3 Å². The first kappa shape index (κ1) is 26.1. The van der Waals surface area contributed by atoms with Gasteiger partial charge in [-0.3, -0.25) is 0 Å². The molecule has 0 aromatic heterocycles. The van der Waals surface area contributed by atoms with Gasteiger partial charge in [0.05, 0.1) is 27.4 Å². The fourth-order valence-corrected chi connectivity index (χ4v) is 13.7. The minimum Gasteiger partial charge on any atom is -0.389 e. The first-order valence-electron chi connectivity index (χ1n) is 15.5. The Bertz CT molecular complexity index is 915. The summed E-state index contributed by atoms with van der Waals surface area (Å²) in [6.45, 7) is 21.0. The van der Waals surface area contributed by atoms with Crippen molar-refractivity contribution in [2.24, 2.45) is 57.7 Å². The van der Waals surface area contributed by atoms with E-state index in [0.717, 1.165) is 37.4 Å². The SMILES string of the molecule is CC(C)/C=C(\[C@@H](O)[C@@H](C)[C@H]1CC[C@H]2[C@@H]3CC4(OCCO4)[C@]45C[C@H]4CC[C@]5(C)[C@H]3CC[C@]12C)[Si](C)(C)C. The molecule has 1 heterocycles. The van der Waals surface area contributed by atoms with E-state index >= 15 is 0 Å². The van der Waals surface area contributed by atoms with Gasteiger partial charge in [-0.2, -0.15) is 0 Å². The highest BCUT2D eigenvalue weighted by Gasteiger charge is 2.83. The van der Waals surface area contributed by atoms with Crippen LogP contribution < -0.4 is 0 Å². The predicted molar refractivity (Wildman–Crippen MR) is 149 cm³/mol. The van der Waals surface area contributed by atoms with Gasteiger partial charge in [-0.25, -0.2) is 0 Å². The molecular weight excluding hydrogens is 460 g/mol. The molecule has 0 aromatic rings. The lowest BCUT2D eigenvalue weighted by atomic mass is 9.44. The van der Waals surface area contributed by atoms with Crippen LogP contribution >= 0.6 is 0 Å². The van der Waals surface area contributed by atoms with E-state index in [9.17, 15) is 5.11 Å². The van der Waals surface area contributed by atoms with Crippen molar-refractivity contribution in [1.82, 2.24) is 0 Å². The summed E-state index contributed by atoms with van der Waals surface area (Å²) in [7, 11) is -1.59. The molecule has 0 radical (unpaired) electrons. The van der Waals surface area contributed by atoms with Crippen LogP contribution in [0.25, 0.3) is 0 Å². The van der Waals surface area contributed by atoms with Crippen LogP contribution in [0.2, 0.25) is 19.6 Å². The predicted octanol–water partition coefficient (Wildman–Crippen LogP) is 7.46. The molecule has 6 rings (SSSR count). The van der Waals surface area contributed by atoms with E-state index in [-0.39, 0.29) is 11.9 Å². The van der Waals surface area contributed by atoms with E-state index in [2.05, 4.69) is 60.3 Å². The van der Waals surface area contributed by atoms with Crippen LogP contribution in [-0.2, 0) is 9.47 Å². The van der Waals surface area contributed by atoms with E-state index in [1.165, 1.54) is 50.1 Å². The van der Waals surface area contributed by atoms with Gasteiger partial charge in [-0.15, -0.1) is 0 Å². The van der Waals surface area contributed by atoms with Crippen molar-refractivity contribution in [3.63, 3.8) is 0 Å². The zero-order valence-electron chi connectivity index (χ0n) is 24.5. The van der Waals surface area contributed by atoms with E-state index in [0.29, 0.717) is 39.9 Å². The molecule has 0 amide bonds. The molecule has 1 N–H and O–H groups in total. The summed E-state index contributed by atoms with van der Waals surface area (Å²) in [5.41, 5.74) is 1.02. The summed E-state index contributed by atoms with van der Waals surface area (Å²) in [5, 5.41) is 13.2. The maximum atomic E-state index is 11.9. The Kier molecular flexibility index (Phi) is 5.92. The molecular formula is C32H54O3Si. The molecule has 0 unspecified atom stereocenters. The molecule has 0 aromatic carbocycles. The van der Waals surface area contributed by atoms with Crippen molar-refractivity contribution >= 4 is 8.07 Å². The number of hydrogen-bond donors (Lipinski definition) is 1. The van der Waals surface area contributed by atoms with Crippen molar-refractivity contribution in [2.75, 3.05) is 13.2 Å². The molecule has 5 saturated carbocycles. The van der Waals surface area contributed by atoms with Crippen LogP contribution in [0.3, 0.4) is 0 Å². The second-order valence-corrected chi connectivity index (χ2v) is 21.1. The highest BCUT2D eigenvalue weighted by molar-refractivity contribution is 6.83. The van der Waals surface area contributed by atoms with Crippen molar-refractivity contribution in [3.05, 3.63) is 11.3 Å². The minimum atomic E-state index is -1.59. The maximum Gasteiger partial charge on any atom is 0.175 e. The van der Waals surface area contributed by atoms with Gasteiger partial charge in [0.15, 0.2) is 5.79 Å². The van der Waals surface area contributed by atoms with Gasteiger partial charge in [-0.05, 0) is 97.2 Å². The number of ether oxygens (including phenoxy) is 2. The molecule has 6 aliphatic rings. The summed E-state index contributed by atoms with van der Waals surface area (Å²) in [6, 6.07) is 0. The number of rotatable bonds is 5. The molecule has 204 valence electrons. The molecule has 36 heavy (non-hydrogen) atoms. The summed E-state index contributed by atoms with van der Waals surface area (Å²) in [6.07, 6.45) is 12.7. The molecule has 0 bridgehead atoms. The normalized spacial score (nSPS) is 48.9. The molecule has 2 spiro atoms. The Morgan fingerprint density at radius 1 is 0.917 bits per heavy atom. The Labute approximate surface area is 222 Å². The molecule has 1 saturated heterocycles. The Morgan fingerprint density at radius 3 is 2.22 bits per heavy atom. The summed E-state index contributed by atoms with van der Waals surface area (Å²) < 4.78 is 13.4. The van der Waals surface area contributed by atoms with E-state index in [4.69, 9.17) is 9.47 Å². The van der Waals surface area contributed by atoms with Crippen LogP contribution in [0.1, 0.15) is 86.0 Å². The lowest BCUT2D eigenvalue weighted by molar-refractivity contribution is -0.294. The van der Waals surface area contributed by atoms with Crippen molar-refractivity contribution < 1.29 is 14.6 Å². The van der Waals surface area contributed by atoms with Gasteiger partial charge in [0.2, 0.25) is 0 Å². The topological polar surface area (TPSA) is 38.7 Å². The third kappa shape index (κ3) is 3.26. The number of allylic oxidation sites excluding steroid dienone is 1. The number of aliphatic hydroxyl groups excluding tert-OH is 1. The van der Waals surface area contributed by atoms with Crippen LogP contribution in [0.5, 0.6) is 0 Å². The summed E-state index contributed by atoms with van der Waals surface area (Å²) >= 11 is 0. The van der Waals surface area contributed by atoms with Gasteiger partial charge in [0, 0.05) is 11.8 Å². The first-order valence-corrected chi connectivity index (χ1v) is 19.0. The molecule has 3 nitrogen and oxygen atoms in total. The summed E-state index contributed by atoms with van der Waals surface area (Å²) in [4.78, 5) is 0. The van der Waals surface area contributed by atoms with E-state index < -0.39 is 8.07 Å². The molecule has 5 aliphatic carbocycles. The Morgan fingerprint density at radius 2 is 1.61 bits per heavy atom. The van der Waals surface area contributed by atoms with Crippen LogP contribution in [0.15, 0.2) is 11.3 Å². The highest BCUT2D eigenvalue weighted by Crippen LogP contribution is 2.85. The monoisotopic (exact) mass is 514 g/mol. The van der Waals surface area contributed by atoms with E-state index in [1.807, 2.05) is 0 Å². The standard InChI is InChI=1S/C32H54O3Si/c1-20(2)17-27(36(6,7)8)28(33)21(3)24-9-10-25-23-19-32(34-15-16-35-32)31-18-22(31)11-14-30(31,5)26(23)12-13-29(24,25)4/h17,20-26,28,33H,9-16,18-19H2,1-8H3/b27-17+/t21-,22+,23-,24+,25-,26-,28-,29+,30+,31+/m0/s1. The van der Waals surface area contributed by atoms with Gasteiger partial charge in [-0.1, -0.05) is 65.5 Å². The second kappa shape index (κ2) is 8.18. The number of aliphatic hydroxyl groups is 1. The van der Waals surface area contributed by atoms with E-state index in [1.54, 1.807) is 0 Å². The number of fused-ring (bicyclic) bond motifs is 4. The zero-order chi connectivity index (χ0) is 25.9. The molecule has 6 fully saturated rings. The molecule has 10 atom stereocenters. The fraction of sp³-hybridized carbons (Fsp3) is 0.938. The summed E-state index contributed by atoms with van der Waals surface area (Å²) in [5.74, 6) is 4.26. The lowest BCUT2D eigenvalue weighted by Gasteiger charge is -2.63. The average Bonchev–Trinajstić information content (AvgIpc) is 3.05. The number of hydrogen-bond acceptors (Lipinski definition) is 3. The van der Waals surface area contributed by atoms with Crippen molar-refractivity contribution in [1.29, 1.82) is 0 Å². The van der Waals surface area contributed by atoms with Gasteiger partial charge in [0.25, 0.3) is 0 Å². The fourth-order valence-electron chi connectivity index (χ4n) is 11.7. The average molecular weight is 515 g/mol.